The molecule has 0 unspecified atom stereocenters. The average Bonchev–Trinajstić information content (AvgIpc) is 2.27. The van der Waals surface area contributed by atoms with Crippen molar-refractivity contribution in [2.75, 3.05) is 5.73 Å². The van der Waals surface area contributed by atoms with E-state index < -0.39 is 5.82 Å². The lowest BCUT2D eigenvalue weighted by Crippen LogP contribution is -1.95. The first kappa shape index (κ1) is 10.4. The van der Waals surface area contributed by atoms with Crippen molar-refractivity contribution in [2.45, 2.75) is 6.92 Å². The van der Waals surface area contributed by atoms with Crippen LogP contribution in [-0.4, -0.2) is 9.97 Å². The zero-order chi connectivity index (χ0) is 11.5. The maximum atomic E-state index is 13.1. The van der Waals surface area contributed by atoms with E-state index in [9.17, 15) is 4.39 Å². The summed E-state index contributed by atoms with van der Waals surface area (Å²) in [6.07, 6.45) is 3.07. The molecule has 0 saturated carbocycles. The highest BCUT2D eigenvalue weighted by molar-refractivity contribution is 5.44. The third-order valence-electron chi connectivity index (χ3n) is 2.02. The largest absolute Gasteiger partial charge is 0.437 e. The number of rotatable bonds is 2. The molecule has 2 N–H and O–H groups in total. The Bertz CT molecular complexity index is 516. The Kier molecular flexibility index (Phi) is 2.68. The van der Waals surface area contributed by atoms with Crippen LogP contribution in [-0.2, 0) is 0 Å². The Balaban J connectivity index is 2.28. The first-order valence-corrected chi connectivity index (χ1v) is 4.67. The third-order valence-corrected chi connectivity index (χ3v) is 2.02. The van der Waals surface area contributed by atoms with Crippen molar-refractivity contribution in [3.05, 3.63) is 42.1 Å². The maximum Gasteiger partial charge on any atom is 0.240 e. The summed E-state index contributed by atoms with van der Waals surface area (Å²) in [7, 11) is 0. The molecule has 0 aliphatic heterocycles. The molecule has 0 spiro atoms. The number of hydrogen-bond donors (Lipinski definition) is 1. The topological polar surface area (TPSA) is 61.0 Å². The van der Waals surface area contributed by atoms with Gasteiger partial charge in [-0.3, -0.25) is 4.98 Å². The molecule has 16 heavy (non-hydrogen) atoms. The van der Waals surface area contributed by atoms with E-state index in [1.807, 2.05) is 0 Å². The molecule has 5 heteroatoms. The van der Waals surface area contributed by atoms with Gasteiger partial charge in [0.2, 0.25) is 5.88 Å². The van der Waals surface area contributed by atoms with Crippen molar-refractivity contribution < 1.29 is 9.13 Å². The summed E-state index contributed by atoms with van der Waals surface area (Å²) < 4.78 is 18.5. The normalized spacial score (nSPS) is 10.1. The van der Waals surface area contributed by atoms with Crippen LogP contribution in [0.15, 0.2) is 30.6 Å². The second-order valence-corrected chi connectivity index (χ2v) is 3.23. The van der Waals surface area contributed by atoms with E-state index in [1.54, 1.807) is 19.2 Å². The van der Waals surface area contributed by atoms with Crippen molar-refractivity contribution in [3.8, 4) is 11.6 Å². The van der Waals surface area contributed by atoms with Crippen LogP contribution in [0.5, 0.6) is 11.6 Å². The molecule has 2 aromatic rings. The predicted molar refractivity (Wildman–Crippen MR) is 57.7 cm³/mol. The summed E-state index contributed by atoms with van der Waals surface area (Å²) in [6.45, 7) is 1.76. The van der Waals surface area contributed by atoms with Gasteiger partial charge in [-0.25, -0.2) is 9.37 Å². The highest BCUT2D eigenvalue weighted by atomic mass is 19.1. The fourth-order valence-corrected chi connectivity index (χ4v) is 1.18. The number of anilines is 1. The van der Waals surface area contributed by atoms with E-state index in [0.29, 0.717) is 17.3 Å². The predicted octanol–water partition coefficient (Wildman–Crippen LogP) is 2.30. The summed E-state index contributed by atoms with van der Waals surface area (Å²) in [6, 6.07) is 4.23. The van der Waals surface area contributed by atoms with E-state index in [0.717, 1.165) is 0 Å². The summed E-state index contributed by atoms with van der Waals surface area (Å²) in [5.74, 6) is 0.181. The molecule has 4 nitrogen and oxygen atoms in total. The quantitative estimate of drug-likeness (QED) is 0.787. The lowest BCUT2D eigenvalue weighted by atomic mass is 10.3. The van der Waals surface area contributed by atoms with E-state index in [4.69, 9.17) is 10.5 Å². The zero-order valence-corrected chi connectivity index (χ0v) is 8.64. The number of nitrogen functional groups attached to an aromatic ring is 1. The molecular weight excluding hydrogens is 209 g/mol. The molecule has 2 rings (SSSR count). The molecule has 1 aromatic carbocycles. The molecular formula is C11H10FN3O. The minimum atomic E-state index is -0.515. The van der Waals surface area contributed by atoms with Gasteiger partial charge in [0.15, 0.2) is 0 Å². The zero-order valence-electron chi connectivity index (χ0n) is 8.64. The molecule has 0 amide bonds. The molecule has 0 bridgehead atoms. The average molecular weight is 219 g/mol. The molecule has 0 saturated heterocycles. The molecule has 1 aromatic heterocycles. The van der Waals surface area contributed by atoms with Gasteiger partial charge in [-0.2, -0.15) is 0 Å². The summed E-state index contributed by atoms with van der Waals surface area (Å²) in [5, 5.41) is 0. The van der Waals surface area contributed by atoms with Gasteiger partial charge in [0.05, 0.1) is 11.4 Å². The van der Waals surface area contributed by atoms with Gasteiger partial charge < -0.3 is 10.5 Å². The van der Waals surface area contributed by atoms with Crippen LogP contribution in [0.2, 0.25) is 0 Å². The molecule has 0 fully saturated rings. The number of nitrogens with zero attached hydrogens (tertiary/aromatic N) is 2. The molecule has 82 valence electrons. The van der Waals surface area contributed by atoms with E-state index in [-0.39, 0.29) is 5.69 Å². The Hall–Kier alpha value is -2.17. The number of ether oxygens (including phenoxy) is 1. The van der Waals surface area contributed by atoms with Gasteiger partial charge in [0, 0.05) is 18.5 Å². The van der Waals surface area contributed by atoms with Crippen LogP contribution < -0.4 is 10.5 Å². The highest BCUT2D eigenvalue weighted by Gasteiger charge is 2.05. The third kappa shape index (κ3) is 2.08. The Morgan fingerprint density at radius 2 is 2.00 bits per heavy atom. The lowest BCUT2D eigenvalue weighted by molar-refractivity contribution is 0.451. The molecule has 0 atom stereocenters. The fraction of sp³-hybridized carbons (Fsp3) is 0.0909. The number of halogens is 1. The first-order valence-electron chi connectivity index (χ1n) is 4.67. The SMILES string of the molecule is Cc1nccnc1Oc1ccc(N)c(F)c1. The highest BCUT2D eigenvalue weighted by Crippen LogP contribution is 2.23. The van der Waals surface area contributed by atoms with Crippen molar-refractivity contribution in [3.63, 3.8) is 0 Å². The van der Waals surface area contributed by atoms with E-state index in [1.165, 1.54) is 18.3 Å². The monoisotopic (exact) mass is 219 g/mol. The molecule has 0 aliphatic carbocycles. The lowest BCUT2D eigenvalue weighted by Gasteiger charge is -2.06. The van der Waals surface area contributed by atoms with Crippen LogP contribution in [0, 0.1) is 12.7 Å². The fourth-order valence-electron chi connectivity index (χ4n) is 1.18. The molecule has 1 heterocycles. The number of aryl methyl sites for hydroxylation is 1. The van der Waals surface area contributed by atoms with E-state index in [2.05, 4.69) is 9.97 Å². The standard InChI is InChI=1S/C11H10FN3O/c1-7-11(15-5-4-14-7)16-8-2-3-10(13)9(12)6-8/h2-6H,13H2,1H3. The van der Waals surface area contributed by atoms with Gasteiger partial charge in [-0.15, -0.1) is 0 Å². The van der Waals surface area contributed by atoms with Crippen molar-refractivity contribution >= 4 is 5.69 Å². The van der Waals surface area contributed by atoms with Crippen molar-refractivity contribution in [1.82, 2.24) is 9.97 Å². The van der Waals surface area contributed by atoms with Crippen LogP contribution >= 0.6 is 0 Å². The van der Waals surface area contributed by atoms with Gasteiger partial charge in [0.25, 0.3) is 0 Å². The minimum absolute atomic E-state index is 0.0863. The first-order chi connectivity index (χ1) is 7.66. The Morgan fingerprint density at radius 3 is 2.69 bits per heavy atom. The number of hydrogen-bond acceptors (Lipinski definition) is 4. The Morgan fingerprint density at radius 1 is 1.25 bits per heavy atom. The van der Waals surface area contributed by atoms with Crippen LogP contribution in [0.3, 0.4) is 0 Å². The van der Waals surface area contributed by atoms with Gasteiger partial charge in [0.1, 0.15) is 11.6 Å². The minimum Gasteiger partial charge on any atom is -0.437 e. The molecule has 0 radical (unpaired) electrons. The number of aromatic nitrogens is 2. The van der Waals surface area contributed by atoms with Gasteiger partial charge in [-0.05, 0) is 19.1 Å². The summed E-state index contributed by atoms with van der Waals surface area (Å²) in [5.41, 5.74) is 6.08. The van der Waals surface area contributed by atoms with Crippen molar-refractivity contribution in [1.29, 1.82) is 0 Å². The Labute approximate surface area is 91.9 Å². The second kappa shape index (κ2) is 4.14. The van der Waals surface area contributed by atoms with Crippen LogP contribution in [0.25, 0.3) is 0 Å². The summed E-state index contributed by atoms with van der Waals surface area (Å²) in [4.78, 5) is 8.00. The second-order valence-electron chi connectivity index (χ2n) is 3.23. The van der Waals surface area contributed by atoms with Gasteiger partial charge in [-0.1, -0.05) is 0 Å². The smallest absolute Gasteiger partial charge is 0.240 e. The maximum absolute atomic E-state index is 13.1. The van der Waals surface area contributed by atoms with Gasteiger partial charge >= 0.3 is 0 Å². The van der Waals surface area contributed by atoms with Crippen LogP contribution in [0.4, 0.5) is 10.1 Å². The van der Waals surface area contributed by atoms with Crippen molar-refractivity contribution in [2.24, 2.45) is 0 Å². The summed E-state index contributed by atoms with van der Waals surface area (Å²) >= 11 is 0. The van der Waals surface area contributed by atoms with Crippen LogP contribution in [0.1, 0.15) is 5.69 Å². The van der Waals surface area contributed by atoms with E-state index >= 15 is 0 Å². The molecule has 0 aliphatic rings. The number of benzene rings is 1. The number of nitrogens with two attached hydrogens (primary N) is 1.